The molecular formula is C13H16N2O. The molecule has 0 saturated carbocycles. The van der Waals surface area contributed by atoms with Crippen LogP contribution in [0.5, 0.6) is 0 Å². The van der Waals surface area contributed by atoms with Gasteiger partial charge in [0.2, 0.25) is 0 Å². The molecule has 0 aromatic carbocycles. The molecule has 0 saturated heterocycles. The van der Waals surface area contributed by atoms with Crippen LogP contribution < -0.4 is 0 Å². The third-order valence-corrected chi connectivity index (χ3v) is 2.83. The number of unbranched alkanes of at least 4 members (excludes halogenated alkanes) is 1. The number of carbonyl (C=O) groups excluding carboxylic acids is 1. The summed E-state index contributed by atoms with van der Waals surface area (Å²) in [5.74, 6) is 0. The lowest BCUT2D eigenvalue weighted by Crippen LogP contribution is -1.98. The van der Waals surface area contributed by atoms with Gasteiger partial charge in [0.1, 0.15) is 11.3 Å². The van der Waals surface area contributed by atoms with Gasteiger partial charge in [-0.15, -0.1) is 0 Å². The summed E-state index contributed by atoms with van der Waals surface area (Å²) >= 11 is 0. The molecule has 0 aliphatic heterocycles. The quantitative estimate of drug-likeness (QED) is 0.736. The second-order valence-electron chi connectivity index (χ2n) is 4.03. The first-order valence-electron chi connectivity index (χ1n) is 5.70. The molecule has 2 rings (SSSR count). The summed E-state index contributed by atoms with van der Waals surface area (Å²) in [5, 5.41) is 0. The second kappa shape index (κ2) is 4.47. The number of fused-ring (bicyclic) bond motifs is 1. The zero-order valence-electron chi connectivity index (χ0n) is 9.73. The van der Waals surface area contributed by atoms with E-state index in [1.165, 1.54) is 0 Å². The first kappa shape index (κ1) is 10.9. The van der Waals surface area contributed by atoms with Gasteiger partial charge in [0.25, 0.3) is 0 Å². The van der Waals surface area contributed by atoms with E-state index in [1.54, 1.807) is 0 Å². The van der Waals surface area contributed by atoms with Crippen LogP contribution in [0.4, 0.5) is 0 Å². The van der Waals surface area contributed by atoms with Crippen LogP contribution in [0, 0.1) is 6.92 Å². The van der Waals surface area contributed by atoms with E-state index in [9.17, 15) is 4.79 Å². The molecule has 0 unspecified atom stereocenters. The number of aryl methyl sites for hydroxylation is 2. The molecule has 84 valence electrons. The SMILES string of the molecule is CCCCc1nc2cccc(C)n2c1C=O. The summed E-state index contributed by atoms with van der Waals surface area (Å²) < 4.78 is 1.93. The van der Waals surface area contributed by atoms with Gasteiger partial charge in [-0.1, -0.05) is 19.4 Å². The Kier molecular flexibility index (Phi) is 3.04. The van der Waals surface area contributed by atoms with Gasteiger partial charge in [0, 0.05) is 5.69 Å². The Morgan fingerprint density at radius 1 is 1.44 bits per heavy atom. The monoisotopic (exact) mass is 216 g/mol. The number of rotatable bonds is 4. The molecule has 0 radical (unpaired) electrons. The fourth-order valence-electron chi connectivity index (χ4n) is 1.98. The highest BCUT2D eigenvalue weighted by atomic mass is 16.1. The van der Waals surface area contributed by atoms with E-state index in [1.807, 2.05) is 29.5 Å². The van der Waals surface area contributed by atoms with Crippen LogP contribution in [-0.4, -0.2) is 15.7 Å². The normalized spacial score (nSPS) is 10.9. The maximum atomic E-state index is 11.2. The Balaban J connectivity index is 2.58. The molecule has 0 amide bonds. The van der Waals surface area contributed by atoms with Crippen LogP contribution in [0.1, 0.15) is 41.6 Å². The van der Waals surface area contributed by atoms with Gasteiger partial charge in [-0.05, 0) is 31.9 Å². The van der Waals surface area contributed by atoms with Crippen LogP contribution in [0.25, 0.3) is 5.65 Å². The van der Waals surface area contributed by atoms with Crippen LogP contribution in [-0.2, 0) is 6.42 Å². The zero-order chi connectivity index (χ0) is 11.5. The van der Waals surface area contributed by atoms with E-state index in [0.717, 1.165) is 42.6 Å². The van der Waals surface area contributed by atoms with Crippen molar-refractivity contribution in [2.45, 2.75) is 33.1 Å². The van der Waals surface area contributed by atoms with Gasteiger partial charge < -0.3 is 0 Å². The van der Waals surface area contributed by atoms with Crippen molar-refractivity contribution in [3.05, 3.63) is 35.3 Å². The molecule has 0 spiro atoms. The molecule has 0 aliphatic carbocycles. The molecule has 0 atom stereocenters. The third kappa shape index (κ3) is 1.73. The first-order valence-corrected chi connectivity index (χ1v) is 5.70. The Morgan fingerprint density at radius 3 is 2.94 bits per heavy atom. The fraction of sp³-hybridized carbons (Fsp3) is 0.385. The van der Waals surface area contributed by atoms with E-state index < -0.39 is 0 Å². The molecule has 2 heterocycles. The van der Waals surface area contributed by atoms with Crippen molar-refractivity contribution in [3.63, 3.8) is 0 Å². The fourth-order valence-corrected chi connectivity index (χ4v) is 1.98. The molecule has 3 nitrogen and oxygen atoms in total. The van der Waals surface area contributed by atoms with Gasteiger partial charge in [0.15, 0.2) is 6.29 Å². The molecule has 2 aromatic heterocycles. The van der Waals surface area contributed by atoms with Crippen molar-refractivity contribution in [2.24, 2.45) is 0 Å². The van der Waals surface area contributed by atoms with E-state index in [0.29, 0.717) is 5.69 Å². The van der Waals surface area contributed by atoms with Gasteiger partial charge in [-0.25, -0.2) is 4.98 Å². The summed E-state index contributed by atoms with van der Waals surface area (Å²) in [6.45, 7) is 4.13. The van der Waals surface area contributed by atoms with Crippen LogP contribution in [0.2, 0.25) is 0 Å². The van der Waals surface area contributed by atoms with Gasteiger partial charge in [0.05, 0.1) is 5.69 Å². The van der Waals surface area contributed by atoms with Crippen LogP contribution in [0.3, 0.4) is 0 Å². The lowest BCUT2D eigenvalue weighted by molar-refractivity contribution is 0.111. The molecule has 3 heteroatoms. The van der Waals surface area contributed by atoms with E-state index >= 15 is 0 Å². The van der Waals surface area contributed by atoms with E-state index in [-0.39, 0.29) is 0 Å². The molecule has 0 fully saturated rings. The minimum Gasteiger partial charge on any atom is -0.296 e. The van der Waals surface area contributed by atoms with Crippen molar-refractivity contribution in [1.29, 1.82) is 0 Å². The van der Waals surface area contributed by atoms with Crippen LogP contribution >= 0.6 is 0 Å². The average molecular weight is 216 g/mol. The predicted octanol–water partition coefficient (Wildman–Crippen LogP) is 2.80. The maximum Gasteiger partial charge on any atom is 0.168 e. The largest absolute Gasteiger partial charge is 0.296 e. The summed E-state index contributed by atoms with van der Waals surface area (Å²) in [6, 6.07) is 5.90. The number of nitrogens with zero attached hydrogens (tertiary/aromatic N) is 2. The van der Waals surface area contributed by atoms with Gasteiger partial charge >= 0.3 is 0 Å². The van der Waals surface area contributed by atoms with Gasteiger partial charge in [-0.3, -0.25) is 9.20 Å². The highest BCUT2D eigenvalue weighted by molar-refractivity contribution is 5.76. The average Bonchev–Trinajstić information content (AvgIpc) is 2.65. The molecule has 0 N–H and O–H groups in total. The van der Waals surface area contributed by atoms with Crippen molar-refractivity contribution in [2.75, 3.05) is 0 Å². The Bertz CT molecular complexity index is 514. The number of pyridine rings is 1. The van der Waals surface area contributed by atoms with Crippen molar-refractivity contribution >= 4 is 11.9 Å². The number of carbonyl (C=O) groups is 1. The highest BCUT2D eigenvalue weighted by Gasteiger charge is 2.11. The Labute approximate surface area is 95.1 Å². The smallest absolute Gasteiger partial charge is 0.168 e. The summed E-state index contributed by atoms with van der Waals surface area (Å²) in [5.41, 5.74) is 3.55. The highest BCUT2D eigenvalue weighted by Crippen LogP contribution is 2.15. The number of hydrogen-bond acceptors (Lipinski definition) is 2. The molecule has 16 heavy (non-hydrogen) atoms. The lowest BCUT2D eigenvalue weighted by Gasteiger charge is -2.00. The first-order chi connectivity index (χ1) is 7.77. The van der Waals surface area contributed by atoms with Crippen molar-refractivity contribution in [3.8, 4) is 0 Å². The molecule has 0 aliphatic rings. The number of hydrogen-bond donors (Lipinski definition) is 0. The molecular weight excluding hydrogens is 200 g/mol. The third-order valence-electron chi connectivity index (χ3n) is 2.83. The minimum atomic E-state index is 0.710. The van der Waals surface area contributed by atoms with E-state index in [2.05, 4.69) is 11.9 Å². The summed E-state index contributed by atoms with van der Waals surface area (Å²) in [4.78, 5) is 15.7. The summed E-state index contributed by atoms with van der Waals surface area (Å²) in [7, 11) is 0. The number of aldehydes is 1. The van der Waals surface area contributed by atoms with Crippen molar-refractivity contribution in [1.82, 2.24) is 9.38 Å². The predicted molar refractivity (Wildman–Crippen MR) is 63.9 cm³/mol. The Morgan fingerprint density at radius 2 is 2.25 bits per heavy atom. The van der Waals surface area contributed by atoms with Gasteiger partial charge in [-0.2, -0.15) is 0 Å². The Hall–Kier alpha value is -1.64. The van der Waals surface area contributed by atoms with E-state index in [4.69, 9.17) is 0 Å². The number of imidazole rings is 1. The zero-order valence-corrected chi connectivity index (χ0v) is 9.73. The van der Waals surface area contributed by atoms with Crippen molar-refractivity contribution < 1.29 is 4.79 Å². The second-order valence-corrected chi connectivity index (χ2v) is 4.03. The maximum absolute atomic E-state index is 11.2. The molecule has 0 bridgehead atoms. The minimum absolute atomic E-state index is 0.710. The standard InChI is InChI=1S/C13H16N2O/c1-3-4-7-11-12(9-16)15-10(2)6-5-8-13(15)14-11/h5-6,8-9H,3-4,7H2,1-2H3. The molecule has 2 aromatic rings. The van der Waals surface area contributed by atoms with Crippen LogP contribution in [0.15, 0.2) is 18.2 Å². The number of aromatic nitrogens is 2. The lowest BCUT2D eigenvalue weighted by atomic mass is 10.2. The summed E-state index contributed by atoms with van der Waals surface area (Å²) in [6.07, 6.45) is 3.98. The topological polar surface area (TPSA) is 34.4 Å².